The molecule has 0 unspecified atom stereocenters. The molecule has 0 atom stereocenters. The molecule has 0 saturated heterocycles. The second kappa shape index (κ2) is 4.36. The van der Waals surface area contributed by atoms with Gasteiger partial charge in [0.2, 0.25) is 0 Å². The molecule has 0 fully saturated rings. The number of H-pyrrole nitrogens is 1. The van der Waals surface area contributed by atoms with E-state index in [9.17, 15) is 4.79 Å². The summed E-state index contributed by atoms with van der Waals surface area (Å²) in [5, 5.41) is 1.92. The third-order valence-electron chi connectivity index (χ3n) is 2.17. The lowest BCUT2D eigenvalue weighted by Crippen LogP contribution is -2.26. The maximum Gasteiger partial charge on any atom is 0.270 e. The molecule has 0 radical (unpaired) electrons. The molecule has 3 N–H and O–H groups in total. The van der Waals surface area contributed by atoms with Crippen molar-refractivity contribution in [3.05, 3.63) is 34.5 Å². The summed E-state index contributed by atoms with van der Waals surface area (Å²) in [6, 6.07) is 1.62. The van der Waals surface area contributed by atoms with Crippen LogP contribution in [-0.2, 0) is 6.54 Å². The Morgan fingerprint density at radius 2 is 2.50 bits per heavy atom. The lowest BCUT2D eigenvalue weighted by atomic mass is 10.3. The minimum Gasteiger partial charge on any atom is -0.397 e. The van der Waals surface area contributed by atoms with Crippen molar-refractivity contribution in [1.82, 2.24) is 14.9 Å². The third-order valence-corrected chi connectivity index (χ3v) is 2.80. The Bertz CT molecular complexity index is 477. The maximum absolute atomic E-state index is 11.9. The van der Waals surface area contributed by atoms with E-state index in [1.165, 1.54) is 11.3 Å². The molecule has 1 amide bonds. The number of thiazole rings is 1. The molecular weight excluding hydrogens is 224 g/mol. The first-order valence-corrected chi connectivity index (χ1v) is 5.67. The number of nitrogens with two attached hydrogens (primary N) is 1. The van der Waals surface area contributed by atoms with Gasteiger partial charge in [-0.25, -0.2) is 4.98 Å². The molecule has 2 aromatic rings. The molecule has 2 rings (SSSR count). The minimum atomic E-state index is -0.0929. The van der Waals surface area contributed by atoms with Crippen molar-refractivity contribution in [3.63, 3.8) is 0 Å². The summed E-state index contributed by atoms with van der Waals surface area (Å²) in [7, 11) is 1.73. The summed E-state index contributed by atoms with van der Waals surface area (Å²) in [5.74, 6) is -0.0929. The summed E-state index contributed by atoms with van der Waals surface area (Å²) >= 11 is 1.52. The number of aromatic amines is 1. The van der Waals surface area contributed by atoms with Crippen LogP contribution >= 0.6 is 11.3 Å². The van der Waals surface area contributed by atoms with Gasteiger partial charge in [-0.1, -0.05) is 0 Å². The molecule has 0 aromatic carbocycles. The molecule has 0 spiro atoms. The number of anilines is 1. The van der Waals surface area contributed by atoms with E-state index in [0.717, 1.165) is 5.69 Å². The predicted molar refractivity (Wildman–Crippen MR) is 63.1 cm³/mol. The molecule has 0 aliphatic rings. The highest BCUT2D eigenvalue weighted by Gasteiger charge is 2.14. The quantitative estimate of drug-likeness (QED) is 0.844. The Labute approximate surface area is 96.9 Å². The topological polar surface area (TPSA) is 75.0 Å². The third kappa shape index (κ3) is 2.22. The highest BCUT2D eigenvalue weighted by atomic mass is 32.1. The fourth-order valence-corrected chi connectivity index (χ4v) is 1.92. The van der Waals surface area contributed by atoms with Crippen LogP contribution in [0.1, 0.15) is 16.2 Å². The van der Waals surface area contributed by atoms with E-state index < -0.39 is 0 Å². The summed E-state index contributed by atoms with van der Waals surface area (Å²) in [4.78, 5) is 20.5. The van der Waals surface area contributed by atoms with Crippen LogP contribution in [0.2, 0.25) is 0 Å². The van der Waals surface area contributed by atoms with Crippen LogP contribution in [0, 0.1) is 0 Å². The van der Waals surface area contributed by atoms with Crippen LogP contribution in [0.3, 0.4) is 0 Å². The van der Waals surface area contributed by atoms with Crippen molar-refractivity contribution in [3.8, 4) is 0 Å². The molecule has 0 aliphatic carbocycles. The molecule has 16 heavy (non-hydrogen) atoms. The van der Waals surface area contributed by atoms with E-state index in [1.807, 2.05) is 5.38 Å². The zero-order valence-electron chi connectivity index (χ0n) is 8.80. The van der Waals surface area contributed by atoms with Crippen LogP contribution in [-0.4, -0.2) is 27.8 Å². The van der Waals surface area contributed by atoms with Gasteiger partial charge in [-0.15, -0.1) is 11.3 Å². The Morgan fingerprint density at radius 1 is 1.69 bits per heavy atom. The molecule has 0 bridgehead atoms. The van der Waals surface area contributed by atoms with Crippen LogP contribution in [0.15, 0.2) is 23.2 Å². The van der Waals surface area contributed by atoms with E-state index in [4.69, 9.17) is 5.73 Å². The number of nitrogens with zero attached hydrogens (tertiary/aromatic N) is 2. The highest BCUT2D eigenvalue weighted by Crippen LogP contribution is 2.10. The molecule has 2 heterocycles. The van der Waals surface area contributed by atoms with E-state index in [1.54, 1.807) is 29.7 Å². The SMILES string of the molecule is CN(Cc1cscn1)C(=O)c1cc(N)c[nH]1. The van der Waals surface area contributed by atoms with Gasteiger partial charge in [0.15, 0.2) is 0 Å². The Kier molecular flexibility index (Phi) is 2.91. The average molecular weight is 236 g/mol. The zero-order chi connectivity index (χ0) is 11.5. The van der Waals surface area contributed by atoms with Crippen molar-refractivity contribution in [2.75, 3.05) is 12.8 Å². The number of aromatic nitrogens is 2. The van der Waals surface area contributed by atoms with Gasteiger partial charge in [0.1, 0.15) is 5.69 Å². The normalized spacial score (nSPS) is 10.3. The molecule has 5 nitrogen and oxygen atoms in total. The maximum atomic E-state index is 11.9. The number of hydrogen-bond donors (Lipinski definition) is 2. The number of nitrogens with one attached hydrogen (secondary N) is 1. The fourth-order valence-electron chi connectivity index (χ4n) is 1.37. The van der Waals surface area contributed by atoms with Crippen molar-refractivity contribution < 1.29 is 4.79 Å². The smallest absolute Gasteiger partial charge is 0.270 e. The number of carbonyl (C=O) groups excluding carboxylic acids is 1. The van der Waals surface area contributed by atoms with E-state index in [-0.39, 0.29) is 5.91 Å². The van der Waals surface area contributed by atoms with Crippen molar-refractivity contribution in [1.29, 1.82) is 0 Å². The first kappa shape index (κ1) is 10.7. The van der Waals surface area contributed by atoms with Gasteiger partial charge in [0.05, 0.1) is 17.7 Å². The number of carbonyl (C=O) groups is 1. The first-order chi connectivity index (χ1) is 7.66. The summed E-state index contributed by atoms with van der Waals surface area (Å²) in [5.41, 5.74) is 9.24. The number of rotatable bonds is 3. The van der Waals surface area contributed by atoms with Crippen molar-refractivity contribution in [2.45, 2.75) is 6.54 Å². The Morgan fingerprint density at radius 3 is 3.06 bits per heavy atom. The van der Waals surface area contributed by atoms with E-state index in [0.29, 0.717) is 17.9 Å². The van der Waals surface area contributed by atoms with Gasteiger partial charge in [-0.05, 0) is 6.07 Å². The Hall–Kier alpha value is -1.82. The molecular formula is C10H12N4OS. The lowest BCUT2D eigenvalue weighted by molar-refractivity contribution is 0.0778. The minimum absolute atomic E-state index is 0.0929. The molecule has 2 aromatic heterocycles. The van der Waals surface area contributed by atoms with Gasteiger partial charge in [-0.3, -0.25) is 4.79 Å². The van der Waals surface area contributed by atoms with Crippen LogP contribution in [0.5, 0.6) is 0 Å². The standard InChI is InChI=1S/C10H12N4OS/c1-14(4-8-5-16-6-13-8)10(15)9-2-7(11)3-12-9/h2-3,5-6,12H,4,11H2,1H3. The van der Waals surface area contributed by atoms with Crippen LogP contribution in [0.4, 0.5) is 5.69 Å². The van der Waals surface area contributed by atoms with E-state index >= 15 is 0 Å². The van der Waals surface area contributed by atoms with Crippen molar-refractivity contribution in [2.24, 2.45) is 0 Å². The summed E-state index contributed by atoms with van der Waals surface area (Å²) in [6.45, 7) is 0.501. The molecule has 6 heteroatoms. The summed E-state index contributed by atoms with van der Waals surface area (Å²) < 4.78 is 0. The monoisotopic (exact) mass is 236 g/mol. The average Bonchev–Trinajstić information content (AvgIpc) is 2.88. The van der Waals surface area contributed by atoms with Crippen LogP contribution < -0.4 is 5.73 Å². The fraction of sp³-hybridized carbons (Fsp3) is 0.200. The highest BCUT2D eigenvalue weighted by molar-refractivity contribution is 7.07. The van der Waals surface area contributed by atoms with Gasteiger partial charge in [0.25, 0.3) is 5.91 Å². The van der Waals surface area contributed by atoms with Crippen LogP contribution in [0.25, 0.3) is 0 Å². The molecule has 0 saturated carbocycles. The number of amides is 1. The first-order valence-electron chi connectivity index (χ1n) is 4.73. The largest absolute Gasteiger partial charge is 0.397 e. The molecule has 84 valence electrons. The van der Waals surface area contributed by atoms with Gasteiger partial charge in [0, 0.05) is 24.3 Å². The van der Waals surface area contributed by atoms with Gasteiger partial charge < -0.3 is 15.6 Å². The second-order valence-corrected chi connectivity index (χ2v) is 4.21. The lowest BCUT2D eigenvalue weighted by Gasteiger charge is -2.14. The van der Waals surface area contributed by atoms with E-state index in [2.05, 4.69) is 9.97 Å². The predicted octanol–water partition coefficient (Wildman–Crippen LogP) is 1.33. The van der Waals surface area contributed by atoms with Gasteiger partial charge in [-0.2, -0.15) is 0 Å². The number of nitrogen functional groups attached to an aromatic ring is 1. The Balaban J connectivity index is 2.05. The van der Waals surface area contributed by atoms with Crippen molar-refractivity contribution >= 4 is 22.9 Å². The van der Waals surface area contributed by atoms with Gasteiger partial charge >= 0.3 is 0 Å². The second-order valence-electron chi connectivity index (χ2n) is 3.49. The summed E-state index contributed by atoms with van der Waals surface area (Å²) in [6.07, 6.45) is 1.60. The molecule has 0 aliphatic heterocycles. The number of hydrogen-bond acceptors (Lipinski definition) is 4. The zero-order valence-corrected chi connectivity index (χ0v) is 9.62.